The van der Waals surface area contributed by atoms with E-state index in [2.05, 4.69) is 70.4 Å². The standard InChI is InChI=1S/C19H31N7S/c1-12(2)17-25-24-15-8-7-13(10-26(15)17)22-18(20-6)21-9-16-23-14(11-27-16)19(3,4)5/h11-13H,7-10H2,1-6H3,(H2,20,21,22). The molecule has 0 saturated carbocycles. The van der Waals surface area contributed by atoms with Crippen LogP contribution in [-0.2, 0) is 24.9 Å². The Bertz CT molecular complexity index is 797. The minimum Gasteiger partial charge on any atom is -0.352 e. The van der Waals surface area contributed by atoms with E-state index >= 15 is 0 Å². The normalized spacial score (nSPS) is 17.9. The molecule has 8 heteroatoms. The zero-order valence-electron chi connectivity index (χ0n) is 17.2. The number of fused-ring (bicyclic) bond motifs is 1. The van der Waals surface area contributed by atoms with Gasteiger partial charge in [-0.2, -0.15) is 0 Å². The van der Waals surface area contributed by atoms with E-state index in [-0.39, 0.29) is 5.41 Å². The second-order valence-electron chi connectivity index (χ2n) is 8.42. The molecule has 0 amide bonds. The lowest BCUT2D eigenvalue weighted by Crippen LogP contribution is -2.46. The van der Waals surface area contributed by atoms with Crippen LogP contribution in [0.1, 0.15) is 69.3 Å². The first kappa shape index (κ1) is 19.8. The Morgan fingerprint density at radius 2 is 2.15 bits per heavy atom. The first-order valence-corrected chi connectivity index (χ1v) is 10.5. The van der Waals surface area contributed by atoms with Crippen LogP contribution in [0.25, 0.3) is 0 Å². The first-order valence-electron chi connectivity index (χ1n) is 9.62. The quantitative estimate of drug-likeness (QED) is 0.621. The topological polar surface area (TPSA) is 80.0 Å². The van der Waals surface area contributed by atoms with Crippen LogP contribution in [0, 0.1) is 0 Å². The van der Waals surface area contributed by atoms with Crippen molar-refractivity contribution >= 4 is 17.3 Å². The minimum atomic E-state index is 0.0848. The molecule has 0 spiro atoms. The third-order valence-corrected chi connectivity index (χ3v) is 5.63. The molecule has 1 aliphatic rings. The molecule has 27 heavy (non-hydrogen) atoms. The van der Waals surface area contributed by atoms with Gasteiger partial charge in [-0.1, -0.05) is 34.6 Å². The van der Waals surface area contributed by atoms with Crippen molar-refractivity contribution in [3.05, 3.63) is 27.7 Å². The Morgan fingerprint density at radius 3 is 2.78 bits per heavy atom. The monoisotopic (exact) mass is 389 g/mol. The van der Waals surface area contributed by atoms with E-state index < -0.39 is 0 Å². The molecule has 0 radical (unpaired) electrons. The van der Waals surface area contributed by atoms with Gasteiger partial charge in [-0.05, 0) is 6.42 Å². The Morgan fingerprint density at radius 1 is 1.37 bits per heavy atom. The van der Waals surface area contributed by atoms with Crippen LogP contribution < -0.4 is 10.6 Å². The van der Waals surface area contributed by atoms with E-state index in [1.807, 2.05) is 7.05 Å². The van der Waals surface area contributed by atoms with E-state index in [0.717, 1.165) is 47.7 Å². The molecule has 2 aromatic rings. The highest BCUT2D eigenvalue weighted by atomic mass is 32.1. The SMILES string of the molecule is CN=C(NCc1nc(C(C)(C)C)cs1)NC1CCc2nnc(C(C)C)n2C1. The van der Waals surface area contributed by atoms with Crippen molar-refractivity contribution in [3.63, 3.8) is 0 Å². The Kier molecular flexibility index (Phi) is 5.83. The number of nitrogens with one attached hydrogen (secondary N) is 2. The summed E-state index contributed by atoms with van der Waals surface area (Å²) in [6.07, 6.45) is 1.97. The van der Waals surface area contributed by atoms with E-state index in [1.165, 1.54) is 0 Å². The van der Waals surface area contributed by atoms with Gasteiger partial charge < -0.3 is 15.2 Å². The fraction of sp³-hybridized carbons (Fsp3) is 0.684. The summed E-state index contributed by atoms with van der Waals surface area (Å²) in [5, 5.41) is 18.9. The Balaban J connectivity index is 1.58. The van der Waals surface area contributed by atoms with Crippen molar-refractivity contribution in [2.45, 2.75) is 77.9 Å². The highest BCUT2D eigenvalue weighted by molar-refractivity contribution is 7.09. The minimum absolute atomic E-state index is 0.0848. The molecular weight excluding hydrogens is 358 g/mol. The molecule has 0 aromatic carbocycles. The van der Waals surface area contributed by atoms with E-state index in [4.69, 9.17) is 4.98 Å². The van der Waals surface area contributed by atoms with Gasteiger partial charge in [-0.25, -0.2) is 4.98 Å². The average molecular weight is 390 g/mol. The molecule has 0 saturated heterocycles. The second kappa shape index (κ2) is 7.96. The lowest BCUT2D eigenvalue weighted by molar-refractivity contribution is 0.407. The molecule has 1 atom stereocenters. The molecule has 2 aromatic heterocycles. The summed E-state index contributed by atoms with van der Waals surface area (Å²) in [6.45, 7) is 12.4. The molecule has 3 rings (SSSR count). The zero-order chi connectivity index (χ0) is 19.6. The third kappa shape index (κ3) is 4.66. The summed E-state index contributed by atoms with van der Waals surface area (Å²) in [7, 11) is 1.81. The molecule has 2 N–H and O–H groups in total. The molecule has 148 valence electrons. The van der Waals surface area contributed by atoms with Crippen molar-refractivity contribution in [2.75, 3.05) is 7.05 Å². The maximum atomic E-state index is 4.74. The van der Waals surface area contributed by atoms with Gasteiger partial charge >= 0.3 is 0 Å². The lowest BCUT2D eigenvalue weighted by Gasteiger charge is -2.27. The molecule has 7 nitrogen and oxygen atoms in total. The number of aromatic nitrogens is 4. The molecule has 1 aliphatic heterocycles. The Hall–Kier alpha value is -1.96. The maximum Gasteiger partial charge on any atom is 0.191 e. The zero-order valence-corrected chi connectivity index (χ0v) is 18.0. The third-order valence-electron chi connectivity index (χ3n) is 4.78. The van der Waals surface area contributed by atoms with Gasteiger partial charge in [0.05, 0.1) is 12.2 Å². The molecule has 3 heterocycles. The number of nitrogens with zero attached hydrogens (tertiary/aromatic N) is 5. The Labute approximate surface area is 165 Å². The summed E-state index contributed by atoms with van der Waals surface area (Å²) in [5.41, 5.74) is 1.22. The number of aryl methyl sites for hydroxylation is 1. The first-order chi connectivity index (χ1) is 12.8. The fourth-order valence-electron chi connectivity index (χ4n) is 3.18. The summed E-state index contributed by atoms with van der Waals surface area (Å²) in [6, 6.07) is 0.318. The lowest BCUT2D eigenvalue weighted by atomic mass is 9.93. The van der Waals surface area contributed by atoms with E-state index in [1.54, 1.807) is 11.3 Å². The highest BCUT2D eigenvalue weighted by Gasteiger charge is 2.24. The predicted molar refractivity (Wildman–Crippen MR) is 110 cm³/mol. The van der Waals surface area contributed by atoms with E-state index in [9.17, 15) is 0 Å². The van der Waals surface area contributed by atoms with Gasteiger partial charge in [-0.3, -0.25) is 4.99 Å². The van der Waals surface area contributed by atoms with Crippen molar-refractivity contribution < 1.29 is 0 Å². The van der Waals surface area contributed by atoms with Crippen LogP contribution in [0.2, 0.25) is 0 Å². The fourth-order valence-corrected chi connectivity index (χ4v) is 4.14. The number of aliphatic imine (C=N–C) groups is 1. The maximum absolute atomic E-state index is 4.74. The summed E-state index contributed by atoms with van der Waals surface area (Å²) >= 11 is 1.69. The van der Waals surface area contributed by atoms with Gasteiger partial charge in [0.15, 0.2) is 5.96 Å². The highest BCUT2D eigenvalue weighted by Crippen LogP contribution is 2.24. The largest absolute Gasteiger partial charge is 0.352 e. The number of thiazole rings is 1. The molecule has 0 bridgehead atoms. The average Bonchev–Trinajstić information content (AvgIpc) is 3.24. The molecule has 1 unspecified atom stereocenters. The number of rotatable bonds is 4. The van der Waals surface area contributed by atoms with Gasteiger partial charge in [0, 0.05) is 42.8 Å². The predicted octanol–water partition coefficient (Wildman–Crippen LogP) is 2.84. The van der Waals surface area contributed by atoms with Crippen LogP contribution in [0.15, 0.2) is 10.4 Å². The number of guanidine groups is 1. The van der Waals surface area contributed by atoms with Crippen LogP contribution in [-0.4, -0.2) is 38.8 Å². The van der Waals surface area contributed by atoms with Gasteiger partial charge in [0.25, 0.3) is 0 Å². The van der Waals surface area contributed by atoms with Gasteiger partial charge in [0.1, 0.15) is 16.7 Å². The summed E-state index contributed by atoms with van der Waals surface area (Å²) in [4.78, 5) is 9.13. The number of hydrogen-bond acceptors (Lipinski definition) is 5. The van der Waals surface area contributed by atoms with Crippen molar-refractivity contribution in [3.8, 4) is 0 Å². The molecular formula is C19H31N7S. The van der Waals surface area contributed by atoms with Crippen LogP contribution in [0.4, 0.5) is 0 Å². The summed E-state index contributed by atoms with van der Waals surface area (Å²) in [5.74, 6) is 3.36. The van der Waals surface area contributed by atoms with Crippen molar-refractivity contribution in [1.29, 1.82) is 0 Å². The van der Waals surface area contributed by atoms with Gasteiger partial charge in [0.2, 0.25) is 0 Å². The van der Waals surface area contributed by atoms with E-state index in [0.29, 0.717) is 18.5 Å². The van der Waals surface area contributed by atoms with Gasteiger partial charge in [-0.15, -0.1) is 21.5 Å². The molecule has 0 fully saturated rings. The van der Waals surface area contributed by atoms with Crippen LogP contribution >= 0.6 is 11.3 Å². The number of hydrogen-bond donors (Lipinski definition) is 2. The van der Waals surface area contributed by atoms with Crippen molar-refractivity contribution in [2.24, 2.45) is 4.99 Å². The smallest absolute Gasteiger partial charge is 0.191 e. The van der Waals surface area contributed by atoms with Crippen LogP contribution in [0.3, 0.4) is 0 Å². The van der Waals surface area contributed by atoms with Crippen LogP contribution in [0.5, 0.6) is 0 Å². The summed E-state index contributed by atoms with van der Waals surface area (Å²) < 4.78 is 2.26. The molecule has 0 aliphatic carbocycles. The van der Waals surface area contributed by atoms with Crippen molar-refractivity contribution in [1.82, 2.24) is 30.4 Å². The second-order valence-corrected chi connectivity index (χ2v) is 9.36.